The van der Waals surface area contributed by atoms with Crippen LogP contribution in [0.3, 0.4) is 0 Å². The maximum atomic E-state index is 12.7. The van der Waals surface area contributed by atoms with E-state index in [4.69, 9.17) is 0 Å². The Morgan fingerprint density at radius 3 is 2.27 bits per heavy atom. The lowest BCUT2D eigenvalue weighted by Gasteiger charge is -1.98. The van der Waals surface area contributed by atoms with Crippen molar-refractivity contribution in [2.45, 2.75) is 6.92 Å². The minimum absolute atomic E-state index is 0.0676. The SMILES string of the molecule is C=C/C(OC)=C(F)\C=C(/C)F. The molecule has 11 heavy (non-hydrogen) atoms. The molecule has 0 unspecified atom stereocenters. The zero-order valence-electron chi connectivity index (χ0n) is 6.53. The Morgan fingerprint density at radius 1 is 1.45 bits per heavy atom. The summed E-state index contributed by atoms with van der Waals surface area (Å²) < 4.78 is 29.3. The van der Waals surface area contributed by atoms with Crippen molar-refractivity contribution in [3.8, 4) is 0 Å². The predicted molar refractivity (Wildman–Crippen MR) is 40.2 cm³/mol. The second-order valence-electron chi connectivity index (χ2n) is 1.85. The van der Waals surface area contributed by atoms with E-state index in [9.17, 15) is 8.78 Å². The highest BCUT2D eigenvalue weighted by Gasteiger charge is 1.99. The fourth-order valence-corrected chi connectivity index (χ4v) is 0.524. The number of halogens is 2. The van der Waals surface area contributed by atoms with E-state index in [1.54, 1.807) is 0 Å². The smallest absolute Gasteiger partial charge is 0.167 e. The molecular weight excluding hydrogens is 150 g/mol. The fraction of sp³-hybridized carbons (Fsp3) is 0.250. The third-order valence-corrected chi connectivity index (χ3v) is 0.966. The molecule has 0 N–H and O–H groups in total. The van der Waals surface area contributed by atoms with E-state index >= 15 is 0 Å². The van der Waals surface area contributed by atoms with Gasteiger partial charge in [-0.05, 0) is 13.0 Å². The molecule has 0 rings (SSSR count). The van der Waals surface area contributed by atoms with Crippen LogP contribution in [0.2, 0.25) is 0 Å². The van der Waals surface area contributed by atoms with Crippen LogP contribution < -0.4 is 0 Å². The topological polar surface area (TPSA) is 9.23 Å². The third kappa shape index (κ3) is 3.55. The summed E-state index contributed by atoms with van der Waals surface area (Å²) in [5.74, 6) is -1.44. The Balaban J connectivity index is 4.62. The van der Waals surface area contributed by atoms with Gasteiger partial charge < -0.3 is 4.74 Å². The second-order valence-corrected chi connectivity index (χ2v) is 1.85. The van der Waals surface area contributed by atoms with Gasteiger partial charge in [-0.2, -0.15) is 0 Å². The second kappa shape index (κ2) is 4.66. The minimum atomic E-state index is -0.762. The summed E-state index contributed by atoms with van der Waals surface area (Å²) in [4.78, 5) is 0. The van der Waals surface area contributed by atoms with E-state index < -0.39 is 11.7 Å². The summed E-state index contributed by atoms with van der Waals surface area (Å²) in [6.07, 6.45) is 1.91. The molecule has 1 nitrogen and oxygen atoms in total. The molecule has 0 saturated heterocycles. The van der Waals surface area contributed by atoms with E-state index in [1.165, 1.54) is 13.2 Å². The standard InChI is InChI=1S/C8H10F2O/c1-4-8(11-3)7(10)5-6(2)9/h4-5H,1H2,2-3H3/b6-5+,8-7-. The van der Waals surface area contributed by atoms with Crippen molar-refractivity contribution in [3.05, 3.63) is 36.1 Å². The first-order chi connectivity index (χ1) is 5.11. The maximum absolute atomic E-state index is 12.7. The van der Waals surface area contributed by atoms with Crippen LogP contribution >= 0.6 is 0 Å². The van der Waals surface area contributed by atoms with Gasteiger partial charge in [0, 0.05) is 6.08 Å². The highest BCUT2D eigenvalue weighted by molar-refractivity contribution is 5.23. The summed E-state index contributed by atoms with van der Waals surface area (Å²) >= 11 is 0. The quantitative estimate of drug-likeness (QED) is 0.455. The summed E-state index contributed by atoms with van der Waals surface area (Å²) in [5.41, 5.74) is 0. The Morgan fingerprint density at radius 2 is 2.00 bits per heavy atom. The largest absolute Gasteiger partial charge is 0.494 e. The van der Waals surface area contributed by atoms with Crippen LogP contribution in [0.15, 0.2) is 36.1 Å². The van der Waals surface area contributed by atoms with Crippen molar-refractivity contribution < 1.29 is 13.5 Å². The van der Waals surface area contributed by atoms with Crippen molar-refractivity contribution in [2.75, 3.05) is 7.11 Å². The van der Waals surface area contributed by atoms with Gasteiger partial charge in [-0.3, -0.25) is 0 Å². The number of ether oxygens (including phenoxy) is 1. The maximum Gasteiger partial charge on any atom is 0.167 e. The molecule has 0 atom stereocenters. The van der Waals surface area contributed by atoms with Crippen LogP contribution in [0.25, 0.3) is 0 Å². The lowest BCUT2D eigenvalue weighted by atomic mass is 10.3. The molecule has 0 bridgehead atoms. The Labute approximate surface area is 64.7 Å². The van der Waals surface area contributed by atoms with Crippen LogP contribution in [0.5, 0.6) is 0 Å². The van der Waals surface area contributed by atoms with Crippen LogP contribution in [-0.4, -0.2) is 7.11 Å². The number of hydrogen-bond donors (Lipinski definition) is 0. The molecule has 0 aliphatic carbocycles. The van der Waals surface area contributed by atoms with Gasteiger partial charge >= 0.3 is 0 Å². The first-order valence-electron chi connectivity index (χ1n) is 3.01. The summed E-state index contributed by atoms with van der Waals surface area (Å²) in [7, 11) is 1.29. The Hall–Kier alpha value is -1.12. The van der Waals surface area contributed by atoms with Crippen molar-refractivity contribution in [3.63, 3.8) is 0 Å². The Kier molecular flexibility index (Phi) is 4.18. The zero-order valence-corrected chi connectivity index (χ0v) is 6.53. The normalized spacial score (nSPS) is 14.0. The van der Waals surface area contributed by atoms with Gasteiger partial charge in [-0.1, -0.05) is 6.58 Å². The molecule has 0 aromatic rings. The number of methoxy groups -OCH3 is 1. The predicted octanol–water partition coefficient (Wildman–Crippen LogP) is 2.87. The van der Waals surface area contributed by atoms with E-state index in [0.717, 1.165) is 13.0 Å². The highest BCUT2D eigenvalue weighted by atomic mass is 19.1. The first kappa shape index (κ1) is 9.88. The molecule has 3 heteroatoms. The third-order valence-electron chi connectivity index (χ3n) is 0.966. The molecule has 0 aliphatic heterocycles. The molecule has 0 saturated carbocycles. The molecular formula is C8H10F2O. The summed E-state index contributed by atoms with van der Waals surface area (Å²) in [5, 5.41) is 0. The number of rotatable bonds is 3. The summed E-state index contributed by atoms with van der Waals surface area (Å²) in [6.45, 7) is 4.43. The molecule has 0 spiro atoms. The van der Waals surface area contributed by atoms with Crippen molar-refractivity contribution in [1.82, 2.24) is 0 Å². The molecule has 0 amide bonds. The van der Waals surface area contributed by atoms with E-state index in [1.807, 2.05) is 0 Å². The molecule has 0 radical (unpaired) electrons. The van der Waals surface area contributed by atoms with Crippen LogP contribution in [0.4, 0.5) is 8.78 Å². The fourth-order valence-electron chi connectivity index (χ4n) is 0.524. The Bertz CT molecular complexity index is 200. The van der Waals surface area contributed by atoms with Crippen molar-refractivity contribution in [2.24, 2.45) is 0 Å². The van der Waals surface area contributed by atoms with Crippen LogP contribution in [-0.2, 0) is 4.74 Å². The summed E-state index contributed by atoms with van der Waals surface area (Å²) in [6, 6.07) is 0. The molecule has 0 fully saturated rings. The molecule has 0 aromatic carbocycles. The van der Waals surface area contributed by atoms with Crippen molar-refractivity contribution in [1.29, 1.82) is 0 Å². The number of hydrogen-bond acceptors (Lipinski definition) is 1. The minimum Gasteiger partial charge on any atom is -0.494 e. The average molecular weight is 160 g/mol. The van der Waals surface area contributed by atoms with Gasteiger partial charge in [0.05, 0.1) is 12.9 Å². The average Bonchev–Trinajstić information content (AvgIpc) is 1.88. The van der Waals surface area contributed by atoms with Gasteiger partial charge in [-0.15, -0.1) is 0 Å². The van der Waals surface area contributed by atoms with E-state index in [0.29, 0.717) is 0 Å². The van der Waals surface area contributed by atoms with Gasteiger partial charge in [0.25, 0.3) is 0 Å². The van der Waals surface area contributed by atoms with Crippen molar-refractivity contribution >= 4 is 0 Å². The van der Waals surface area contributed by atoms with E-state index in [-0.39, 0.29) is 5.76 Å². The van der Waals surface area contributed by atoms with Crippen LogP contribution in [0.1, 0.15) is 6.92 Å². The molecule has 0 aromatic heterocycles. The lowest BCUT2D eigenvalue weighted by Crippen LogP contribution is -1.84. The monoisotopic (exact) mass is 160 g/mol. The lowest BCUT2D eigenvalue weighted by molar-refractivity contribution is 0.293. The molecule has 62 valence electrons. The van der Waals surface area contributed by atoms with Gasteiger partial charge in [0.2, 0.25) is 0 Å². The van der Waals surface area contributed by atoms with Gasteiger partial charge in [0.15, 0.2) is 11.6 Å². The molecule has 0 aliphatic rings. The zero-order chi connectivity index (χ0) is 8.85. The van der Waals surface area contributed by atoms with Crippen LogP contribution in [0, 0.1) is 0 Å². The van der Waals surface area contributed by atoms with Gasteiger partial charge in [-0.25, -0.2) is 8.78 Å². The van der Waals surface area contributed by atoms with Gasteiger partial charge in [0.1, 0.15) is 0 Å². The first-order valence-corrected chi connectivity index (χ1v) is 3.01. The molecule has 0 heterocycles. The van der Waals surface area contributed by atoms with E-state index in [2.05, 4.69) is 11.3 Å². The number of allylic oxidation sites excluding steroid dienone is 4. The highest BCUT2D eigenvalue weighted by Crippen LogP contribution is 2.12.